The predicted molar refractivity (Wildman–Crippen MR) is 57.1 cm³/mol. The first-order valence-corrected chi connectivity index (χ1v) is 6.38. The molecule has 0 spiro atoms. The highest BCUT2D eigenvalue weighted by Crippen LogP contribution is 2.30. The normalized spacial score (nSPS) is 19.9. The van der Waals surface area contributed by atoms with Crippen LogP contribution in [0, 0.1) is 0 Å². The van der Waals surface area contributed by atoms with Gasteiger partial charge >= 0.3 is 0 Å². The number of benzene rings is 1. The molecule has 5 nitrogen and oxygen atoms in total. The average Bonchev–Trinajstić information content (AvgIpc) is 2.66. The fourth-order valence-corrected chi connectivity index (χ4v) is 2.14. The van der Waals surface area contributed by atoms with Gasteiger partial charge in [0.1, 0.15) is 0 Å². The van der Waals surface area contributed by atoms with Crippen LogP contribution < -0.4 is 5.14 Å². The van der Waals surface area contributed by atoms with E-state index in [1.807, 2.05) is 0 Å². The zero-order chi connectivity index (χ0) is 11.8. The van der Waals surface area contributed by atoms with Crippen molar-refractivity contribution in [3.63, 3.8) is 0 Å². The first kappa shape index (κ1) is 11.5. The molecular formula is C10H13NO4S. The third-order valence-electron chi connectivity index (χ3n) is 2.55. The highest BCUT2D eigenvalue weighted by atomic mass is 32.2. The molecule has 0 saturated carbocycles. The third kappa shape index (κ3) is 2.10. The second kappa shape index (κ2) is 3.81. The second-order valence-electron chi connectivity index (χ2n) is 3.71. The van der Waals surface area contributed by atoms with Crippen LogP contribution in [0.2, 0.25) is 0 Å². The van der Waals surface area contributed by atoms with Crippen molar-refractivity contribution < 1.29 is 17.9 Å². The van der Waals surface area contributed by atoms with Crippen LogP contribution in [-0.2, 0) is 25.3 Å². The molecule has 0 amide bonds. The summed E-state index contributed by atoms with van der Waals surface area (Å²) in [6, 6.07) is 6.18. The van der Waals surface area contributed by atoms with E-state index in [-0.39, 0.29) is 4.90 Å². The number of ether oxygens (including phenoxy) is 2. The van der Waals surface area contributed by atoms with E-state index in [0.717, 1.165) is 5.56 Å². The maximum atomic E-state index is 11.1. The lowest BCUT2D eigenvalue weighted by molar-refractivity contribution is -0.149. The average molecular weight is 243 g/mol. The molecule has 0 bridgehead atoms. The van der Waals surface area contributed by atoms with Crippen LogP contribution in [0.1, 0.15) is 12.5 Å². The molecule has 1 aromatic rings. The summed E-state index contributed by atoms with van der Waals surface area (Å²) in [6.45, 7) is 2.87. The molecular weight excluding hydrogens is 230 g/mol. The van der Waals surface area contributed by atoms with Crippen molar-refractivity contribution in [3.05, 3.63) is 29.8 Å². The third-order valence-corrected chi connectivity index (χ3v) is 3.47. The Morgan fingerprint density at radius 1 is 1.19 bits per heavy atom. The molecule has 88 valence electrons. The Labute approximate surface area is 94.2 Å². The van der Waals surface area contributed by atoms with Gasteiger partial charge in [-0.15, -0.1) is 0 Å². The Balaban J connectivity index is 2.33. The minimum atomic E-state index is -3.64. The molecule has 2 N–H and O–H groups in total. The fraction of sp³-hybridized carbons (Fsp3) is 0.400. The van der Waals surface area contributed by atoms with Gasteiger partial charge in [0.2, 0.25) is 10.0 Å². The van der Waals surface area contributed by atoms with Crippen LogP contribution in [0.4, 0.5) is 0 Å². The lowest BCUT2D eigenvalue weighted by Gasteiger charge is -2.22. The molecule has 1 aliphatic rings. The van der Waals surface area contributed by atoms with Crippen molar-refractivity contribution in [1.82, 2.24) is 0 Å². The first-order chi connectivity index (χ1) is 7.42. The Morgan fingerprint density at radius 2 is 1.69 bits per heavy atom. The molecule has 0 aliphatic carbocycles. The fourth-order valence-electron chi connectivity index (χ4n) is 1.63. The Bertz CT molecular complexity index is 474. The van der Waals surface area contributed by atoms with Gasteiger partial charge < -0.3 is 9.47 Å². The number of primary sulfonamides is 1. The van der Waals surface area contributed by atoms with Gasteiger partial charge in [0, 0.05) is 5.56 Å². The van der Waals surface area contributed by atoms with Gasteiger partial charge in [-0.2, -0.15) is 0 Å². The second-order valence-corrected chi connectivity index (χ2v) is 5.27. The molecule has 0 aromatic heterocycles. The van der Waals surface area contributed by atoms with Gasteiger partial charge in [-0.05, 0) is 19.1 Å². The van der Waals surface area contributed by atoms with Gasteiger partial charge in [-0.25, -0.2) is 13.6 Å². The maximum absolute atomic E-state index is 11.1. The number of hydrogen-bond acceptors (Lipinski definition) is 4. The number of hydrogen-bond donors (Lipinski definition) is 1. The van der Waals surface area contributed by atoms with Crippen LogP contribution in [0.25, 0.3) is 0 Å². The standard InChI is InChI=1S/C10H13NO4S/c1-10(14-6-7-15-10)8-2-4-9(5-3-8)16(11,12)13/h2-5H,6-7H2,1H3,(H2,11,12,13). The summed E-state index contributed by atoms with van der Waals surface area (Å²) >= 11 is 0. The monoisotopic (exact) mass is 243 g/mol. The lowest BCUT2D eigenvalue weighted by atomic mass is 10.1. The van der Waals surface area contributed by atoms with E-state index >= 15 is 0 Å². The first-order valence-electron chi connectivity index (χ1n) is 4.83. The van der Waals surface area contributed by atoms with E-state index in [2.05, 4.69) is 0 Å². The van der Waals surface area contributed by atoms with Crippen molar-refractivity contribution in [2.75, 3.05) is 13.2 Å². The van der Waals surface area contributed by atoms with Crippen LogP contribution in [0.5, 0.6) is 0 Å². The molecule has 0 unspecified atom stereocenters. The summed E-state index contributed by atoms with van der Waals surface area (Å²) in [7, 11) is -3.64. The van der Waals surface area contributed by atoms with E-state index in [4.69, 9.17) is 14.6 Å². The van der Waals surface area contributed by atoms with Gasteiger partial charge in [-0.1, -0.05) is 12.1 Å². The van der Waals surface area contributed by atoms with Gasteiger partial charge in [0.15, 0.2) is 5.79 Å². The van der Waals surface area contributed by atoms with Gasteiger partial charge in [-0.3, -0.25) is 0 Å². The quantitative estimate of drug-likeness (QED) is 0.823. The maximum Gasteiger partial charge on any atom is 0.238 e. The van der Waals surface area contributed by atoms with Crippen molar-refractivity contribution in [1.29, 1.82) is 0 Å². The smallest absolute Gasteiger partial charge is 0.238 e. The van der Waals surface area contributed by atoms with E-state index in [0.29, 0.717) is 13.2 Å². The highest BCUT2D eigenvalue weighted by molar-refractivity contribution is 7.89. The summed E-state index contributed by atoms with van der Waals surface area (Å²) in [4.78, 5) is 0.0813. The summed E-state index contributed by atoms with van der Waals surface area (Å²) in [5.74, 6) is -0.781. The summed E-state index contributed by atoms with van der Waals surface area (Å²) in [5, 5.41) is 5.00. The number of sulfonamides is 1. The Hall–Kier alpha value is -0.950. The van der Waals surface area contributed by atoms with Gasteiger partial charge in [0.25, 0.3) is 0 Å². The SMILES string of the molecule is CC1(c2ccc(S(N)(=O)=O)cc2)OCCO1. The molecule has 16 heavy (non-hydrogen) atoms. The van der Waals surface area contributed by atoms with Crippen molar-refractivity contribution in [3.8, 4) is 0 Å². The highest BCUT2D eigenvalue weighted by Gasteiger charge is 2.33. The van der Waals surface area contributed by atoms with Crippen LogP contribution >= 0.6 is 0 Å². The minimum absolute atomic E-state index is 0.0813. The largest absolute Gasteiger partial charge is 0.344 e. The summed E-state index contributed by atoms with van der Waals surface area (Å²) in [5.41, 5.74) is 0.775. The summed E-state index contributed by atoms with van der Waals surface area (Å²) < 4.78 is 33.0. The number of nitrogens with two attached hydrogens (primary N) is 1. The van der Waals surface area contributed by atoms with Crippen LogP contribution in [0.15, 0.2) is 29.2 Å². The number of rotatable bonds is 2. The lowest BCUT2D eigenvalue weighted by Crippen LogP contribution is -2.22. The van der Waals surface area contributed by atoms with E-state index in [1.54, 1.807) is 19.1 Å². The molecule has 6 heteroatoms. The summed E-state index contributed by atoms with van der Waals surface area (Å²) in [6.07, 6.45) is 0. The topological polar surface area (TPSA) is 78.6 Å². The Kier molecular flexibility index (Phi) is 2.75. The van der Waals surface area contributed by atoms with Crippen LogP contribution in [0.3, 0.4) is 0 Å². The zero-order valence-corrected chi connectivity index (χ0v) is 9.66. The van der Waals surface area contributed by atoms with Gasteiger partial charge in [0.05, 0.1) is 18.1 Å². The molecule has 0 radical (unpaired) electrons. The molecule has 1 aliphatic heterocycles. The molecule has 1 saturated heterocycles. The molecule has 1 aromatic carbocycles. The van der Waals surface area contributed by atoms with Crippen molar-refractivity contribution in [2.24, 2.45) is 5.14 Å². The minimum Gasteiger partial charge on any atom is -0.344 e. The Morgan fingerprint density at radius 3 is 2.12 bits per heavy atom. The van der Waals surface area contributed by atoms with E-state index in [1.165, 1.54) is 12.1 Å². The van der Waals surface area contributed by atoms with Crippen molar-refractivity contribution in [2.45, 2.75) is 17.6 Å². The van der Waals surface area contributed by atoms with E-state index in [9.17, 15) is 8.42 Å². The molecule has 1 fully saturated rings. The predicted octanol–water partition coefficient (Wildman–Crippen LogP) is 0.554. The molecule has 2 rings (SSSR count). The molecule has 1 heterocycles. The van der Waals surface area contributed by atoms with Crippen molar-refractivity contribution >= 4 is 10.0 Å². The zero-order valence-electron chi connectivity index (χ0n) is 8.84. The molecule has 0 atom stereocenters. The van der Waals surface area contributed by atoms with E-state index < -0.39 is 15.8 Å². The van der Waals surface area contributed by atoms with Crippen LogP contribution in [-0.4, -0.2) is 21.6 Å².